The highest BCUT2D eigenvalue weighted by atomic mass is 16.5. The average Bonchev–Trinajstić information content (AvgIpc) is 2.49. The Kier molecular flexibility index (Phi) is 5.60. The minimum atomic E-state index is -0.566. The molecule has 21 heavy (non-hydrogen) atoms. The number of hydrogen-bond acceptors (Lipinski definition) is 4. The molecule has 0 aliphatic rings. The van der Waals surface area contributed by atoms with Crippen molar-refractivity contribution in [1.82, 2.24) is 5.32 Å². The van der Waals surface area contributed by atoms with Crippen molar-refractivity contribution in [3.63, 3.8) is 0 Å². The van der Waals surface area contributed by atoms with E-state index in [2.05, 4.69) is 5.32 Å². The lowest BCUT2D eigenvalue weighted by Crippen LogP contribution is -2.31. The highest BCUT2D eigenvalue weighted by Gasteiger charge is 2.05. The molecule has 2 aromatic rings. The van der Waals surface area contributed by atoms with Crippen molar-refractivity contribution >= 4 is 0 Å². The molecule has 4 heteroatoms. The molecule has 4 nitrogen and oxygen atoms in total. The smallest absolute Gasteiger partial charge is 0.119 e. The van der Waals surface area contributed by atoms with E-state index in [-0.39, 0.29) is 12.4 Å². The molecule has 112 valence electrons. The van der Waals surface area contributed by atoms with Crippen LogP contribution in [0.4, 0.5) is 0 Å². The van der Waals surface area contributed by atoms with Crippen molar-refractivity contribution in [3.05, 3.63) is 59.7 Å². The van der Waals surface area contributed by atoms with Crippen molar-refractivity contribution in [3.8, 4) is 11.5 Å². The van der Waals surface area contributed by atoms with Crippen molar-refractivity contribution in [2.24, 2.45) is 0 Å². The van der Waals surface area contributed by atoms with E-state index in [1.54, 1.807) is 12.1 Å². The number of rotatable bonds is 7. The van der Waals surface area contributed by atoms with Gasteiger partial charge in [-0.3, -0.25) is 0 Å². The maximum absolute atomic E-state index is 9.86. The van der Waals surface area contributed by atoms with E-state index in [1.165, 1.54) is 5.56 Å². The second-order valence-corrected chi connectivity index (χ2v) is 5.08. The lowest BCUT2D eigenvalue weighted by Gasteiger charge is -2.13. The summed E-state index contributed by atoms with van der Waals surface area (Å²) in [5, 5.41) is 22.2. The molecule has 0 saturated carbocycles. The van der Waals surface area contributed by atoms with Crippen molar-refractivity contribution in [2.75, 3.05) is 13.2 Å². The van der Waals surface area contributed by atoms with E-state index >= 15 is 0 Å². The number of aliphatic hydroxyl groups excluding tert-OH is 1. The first-order valence-electron chi connectivity index (χ1n) is 6.99. The monoisotopic (exact) mass is 287 g/mol. The Bertz CT molecular complexity index is 537. The lowest BCUT2D eigenvalue weighted by atomic mass is 10.2. The van der Waals surface area contributed by atoms with Gasteiger partial charge in [-0.25, -0.2) is 0 Å². The molecule has 1 atom stereocenters. The van der Waals surface area contributed by atoms with Gasteiger partial charge in [-0.1, -0.05) is 29.8 Å². The third-order valence-corrected chi connectivity index (χ3v) is 3.11. The summed E-state index contributed by atoms with van der Waals surface area (Å²) < 4.78 is 5.52. The Morgan fingerprint density at radius 3 is 2.38 bits per heavy atom. The van der Waals surface area contributed by atoms with Crippen LogP contribution in [0.2, 0.25) is 0 Å². The zero-order valence-electron chi connectivity index (χ0n) is 12.1. The molecule has 0 saturated heterocycles. The fraction of sp³-hybridized carbons (Fsp3) is 0.294. The van der Waals surface area contributed by atoms with E-state index in [4.69, 9.17) is 4.74 Å². The van der Waals surface area contributed by atoms with Crippen LogP contribution in [0.3, 0.4) is 0 Å². The number of aromatic hydroxyl groups is 1. The number of hydrogen-bond donors (Lipinski definition) is 3. The number of ether oxygens (including phenoxy) is 1. The first kappa shape index (κ1) is 15.4. The van der Waals surface area contributed by atoms with E-state index in [0.717, 1.165) is 11.3 Å². The van der Waals surface area contributed by atoms with Gasteiger partial charge in [-0.15, -0.1) is 0 Å². The second-order valence-electron chi connectivity index (χ2n) is 5.08. The van der Waals surface area contributed by atoms with Crippen LogP contribution in [0.15, 0.2) is 48.5 Å². The molecule has 2 rings (SSSR count). The molecule has 0 aliphatic carbocycles. The van der Waals surface area contributed by atoms with E-state index in [1.807, 2.05) is 43.3 Å². The molecule has 0 amide bonds. The van der Waals surface area contributed by atoms with Crippen LogP contribution in [-0.2, 0) is 6.54 Å². The summed E-state index contributed by atoms with van der Waals surface area (Å²) in [4.78, 5) is 0. The van der Waals surface area contributed by atoms with Gasteiger partial charge in [0.2, 0.25) is 0 Å². The molecule has 1 unspecified atom stereocenters. The Balaban J connectivity index is 1.66. The van der Waals surface area contributed by atoms with Gasteiger partial charge >= 0.3 is 0 Å². The van der Waals surface area contributed by atoms with Gasteiger partial charge in [0.25, 0.3) is 0 Å². The third kappa shape index (κ3) is 5.45. The van der Waals surface area contributed by atoms with Gasteiger partial charge in [0.05, 0.1) is 0 Å². The maximum Gasteiger partial charge on any atom is 0.119 e. The number of aryl methyl sites for hydroxylation is 1. The summed E-state index contributed by atoms with van der Waals surface area (Å²) in [6.45, 7) is 3.37. The minimum Gasteiger partial charge on any atom is -0.508 e. The summed E-state index contributed by atoms with van der Waals surface area (Å²) >= 11 is 0. The number of phenolic OH excluding ortho intramolecular Hbond substituents is 1. The van der Waals surface area contributed by atoms with Gasteiger partial charge in [0, 0.05) is 13.1 Å². The average molecular weight is 287 g/mol. The van der Waals surface area contributed by atoms with Crippen LogP contribution in [0, 0.1) is 6.92 Å². The molecule has 3 N–H and O–H groups in total. The van der Waals surface area contributed by atoms with Crippen molar-refractivity contribution in [1.29, 1.82) is 0 Å². The number of aliphatic hydroxyl groups is 1. The molecular formula is C17H21NO3. The zero-order chi connectivity index (χ0) is 15.1. The van der Waals surface area contributed by atoms with Gasteiger partial charge in [0.1, 0.15) is 24.2 Å². The van der Waals surface area contributed by atoms with Crippen LogP contribution in [0.1, 0.15) is 11.1 Å². The Labute approximate surface area is 125 Å². The molecule has 0 bridgehead atoms. The molecule has 0 aliphatic heterocycles. The van der Waals surface area contributed by atoms with Crippen LogP contribution < -0.4 is 10.1 Å². The fourth-order valence-corrected chi connectivity index (χ4v) is 1.88. The fourth-order valence-electron chi connectivity index (χ4n) is 1.88. The predicted octanol–water partition coefficient (Wildman–Crippen LogP) is 2.23. The Hall–Kier alpha value is -2.04. The molecule has 0 fully saturated rings. The van der Waals surface area contributed by atoms with Crippen LogP contribution in [0.5, 0.6) is 11.5 Å². The molecule has 0 radical (unpaired) electrons. The van der Waals surface area contributed by atoms with E-state index < -0.39 is 6.10 Å². The second kappa shape index (κ2) is 7.67. The molecule has 2 aromatic carbocycles. The Morgan fingerprint density at radius 1 is 1.05 bits per heavy atom. The van der Waals surface area contributed by atoms with Crippen LogP contribution in [0.25, 0.3) is 0 Å². The van der Waals surface area contributed by atoms with Crippen molar-refractivity contribution in [2.45, 2.75) is 19.6 Å². The van der Waals surface area contributed by atoms with Gasteiger partial charge in [-0.2, -0.15) is 0 Å². The summed E-state index contributed by atoms with van der Waals surface area (Å²) in [6, 6.07) is 14.7. The highest BCUT2D eigenvalue weighted by Crippen LogP contribution is 2.11. The largest absolute Gasteiger partial charge is 0.508 e. The standard InChI is InChI=1S/C17H21NO3/c1-13-2-8-17(9-3-13)21-12-16(20)11-18-10-14-4-6-15(19)7-5-14/h2-9,16,18-20H,10-12H2,1H3. The predicted molar refractivity (Wildman–Crippen MR) is 82.5 cm³/mol. The van der Waals surface area contributed by atoms with Gasteiger partial charge < -0.3 is 20.3 Å². The Morgan fingerprint density at radius 2 is 1.71 bits per heavy atom. The van der Waals surface area contributed by atoms with Crippen LogP contribution in [-0.4, -0.2) is 29.5 Å². The lowest BCUT2D eigenvalue weighted by molar-refractivity contribution is 0.106. The molecule has 0 aromatic heterocycles. The topological polar surface area (TPSA) is 61.7 Å². The third-order valence-electron chi connectivity index (χ3n) is 3.11. The van der Waals surface area contributed by atoms with E-state index in [0.29, 0.717) is 13.1 Å². The maximum atomic E-state index is 9.86. The summed E-state index contributed by atoms with van der Waals surface area (Å²) in [7, 11) is 0. The van der Waals surface area contributed by atoms with Crippen LogP contribution >= 0.6 is 0 Å². The SMILES string of the molecule is Cc1ccc(OCC(O)CNCc2ccc(O)cc2)cc1. The first-order chi connectivity index (χ1) is 10.1. The summed E-state index contributed by atoms with van der Waals surface area (Å²) in [5.41, 5.74) is 2.23. The molecular weight excluding hydrogens is 266 g/mol. The molecule has 0 heterocycles. The number of phenols is 1. The summed E-state index contributed by atoms with van der Waals surface area (Å²) in [6.07, 6.45) is -0.566. The highest BCUT2D eigenvalue weighted by molar-refractivity contribution is 5.26. The number of benzene rings is 2. The quantitative estimate of drug-likeness (QED) is 0.731. The normalized spacial score (nSPS) is 12.1. The van der Waals surface area contributed by atoms with E-state index in [9.17, 15) is 10.2 Å². The number of nitrogens with one attached hydrogen (secondary N) is 1. The molecule has 0 spiro atoms. The van der Waals surface area contributed by atoms with Gasteiger partial charge in [-0.05, 0) is 36.8 Å². The minimum absolute atomic E-state index is 0.255. The first-order valence-corrected chi connectivity index (χ1v) is 6.99. The van der Waals surface area contributed by atoms with Crippen molar-refractivity contribution < 1.29 is 14.9 Å². The van der Waals surface area contributed by atoms with Gasteiger partial charge in [0.15, 0.2) is 0 Å². The zero-order valence-corrected chi connectivity index (χ0v) is 12.1. The summed E-state index contributed by atoms with van der Waals surface area (Å²) in [5.74, 6) is 1.02.